The maximum atomic E-state index is 13.2. The Hall–Kier alpha value is -2.17. The van der Waals surface area contributed by atoms with E-state index in [1.807, 2.05) is 17.0 Å². The van der Waals surface area contributed by atoms with Crippen LogP contribution in [0.1, 0.15) is 39.4 Å². The number of hydrogen-bond donors (Lipinski definition) is 1. The van der Waals surface area contributed by atoms with E-state index in [-0.39, 0.29) is 5.91 Å². The third-order valence-corrected chi connectivity index (χ3v) is 5.84. The van der Waals surface area contributed by atoms with E-state index in [0.717, 1.165) is 57.8 Å². The molecule has 1 atom stereocenters. The van der Waals surface area contributed by atoms with E-state index < -0.39 is 0 Å². The molecule has 1 N–H and O–H groups in total. The van der Waals surface area contributed by atoms with Crippen molar-refractivity contribution in [3.8, 4) is 0 Å². The first-order chi connectivity index (χ1) is 13.2. The number of benzene rings is 2. The van der Waals surface area contributed by atoms with Crippen molar-refractivity contribution >= 4 is 5.91 Å². The molecule has 4 nitrogen and oxygen atoms in total. The van der Waals surface area contributed by atoms with Crippen LogP contribution in [-0.2, 0) is 6.54 Å². The third kappa shape index (κ3) is 4.23. The van der Waals surface area contributed by atoms with Crippen LogP contribution in [-0.4, -0.2) is 55.0 Å². The predicted octanol–water partition coefficient (Wildman–Crippen LogP) is 3.03. The summed E-state index contributed by atoms with van der Waals surface area (Å²) in [7, 11) is 0. The van der Waals surface area contributed by atoms with Gasteiger partial charge in [0, 0.05) is 44.8 Å². The van der Waals surface area contributed by atoms with E-state index in [9.17, 15) is 4.79 Å². The van der Waals surface area contributed by atoms with Gasteiger partial charge < -0.3 is 10.2 Å². The minimum atomic E-state index is 0.202. The van der Waals surface area contributed by atoms with Gasteiger partial charge in [0.2, 0.25) is 0 Å². The highest BCUT2D eigenvalue weighted by molar-refractivity contribution is 5.96. The van der Waals surface area contributed by atoms with Crippen LogP contribution in [0.5, 0.6) is 0 Å². The molecule has 0 unspecified atom stereocenters. The van der Waals surface area contributed by atoms with E-state index in [2.05, 4.69) is 53.5 Å². The molecule has 2 fully saturated rings. The van der Waals surface area contributed by atoms with Crippen LogP contribution in [0.25, 0.3) is 0 Å². The minimum Gasteiger partial charge on any atom is -0.336 e. The summed E-state index contributed by atoms with van der Waals surface area (Å²) in [6, 6.07) is 16.9. The standard InChI is InChI=1S/C23H29N3O/c1-18-5-4-6-19(15-18)17-25-11-13-26(14-12-25)23(27)22-8-3-2-7-21(22)20-9-10-24-16-20/h2-8,15,20,24H,9-14,16-17H2,1H3/t20-/m0/s1. The van der Waals surface area contributed by atoms with Crippen molar-refractivity contribution in [1.82, 2.24) is 15.1 Å². The van der Waals surface area contributed by atoms with E-state index in [1.54, 1.807) is 0 Å². The number of piperazine rings is 1. The number of hydrogen-bond acceptors (Lipinski definition) is 3. The first-order valence-electron chi connectivity index (χ1n) is 10.1. The smallest absolute Gasteiger partial charge is 0.254 e. The molecule has 0 aliphatic carbocycles. The average Bonchev–Trinajstić information content (AvgIpc) is 3.23. The van der Waals surface area contributed by atoms with Crippen LogP contribution >= 0.6 is 0 Å². The van der Waals surface area contributed by atoms with Crippen LogP contribution in [0.3, 0.4) is 0 Å². The first-order valence-corrected chi connectivity index (χ1v) is 10.1. The molecule has 4 rings (SSSR count). The second-order valence-electron chi connectivity index (χ2n) is 7.83. The fourth-order valence-corrected chi connectivity index (χ4v) is 4.32. The van der Waals surface area contributed by atoms with Gasteiger partial charge >= 0.3 is 0 Å². The van der Waals surface area contributed by atoms with Gasteiger partial charge in [-0.05, 0) is 43.0 Å². The lowest BCUT2D eigenvalue weighted by atomic mass is 9.93. The van der Waals surface area contributed by atoms with E-state index in [1.165, 1.54) is 16.7 Å². The summed E-state index contributed by atoms with van der Waals surface area (Å²) >= 11 is 0. The van der Waals surface area contributed by atoms with Gasteiger partial charge in [0.1, 0.15) is 0 Å². The Morgan fingerprint density at radius 3 is 2.63 bits per heavy atom. The third-order valence-electron chi connectivity index (χ3n) is 5.84. The summed E-state index contributed by atoms with van der Waals surface area (Å²) < 4.78 is 0. The number of aryl methyl sites for hydroxylation is 1. The zero-order valence-corrected chi connectivity index (χ0v) is 16.2. The van der Waals surface area contributed by atoms with Crippen molar-refractivity contribution in [2.24, 2.45) is 0 Å². The van der Waals surface area contributed by atoms with Crippen LogP contribution in [0, 0.1) is 6.92 Å². The molecule has 2 aliphatic rings. The molecule has 2 heterocycles. The molecular weight excluding hydrogens is 334 g/mol. The lowest BCUT2D eigenvalue weighted by Crippen LogP contribution is -2.48. The molecule has 0 aromatic heterocycles. The lowest BCUT2D eigenvalue weighted by Gasteiger charge is -2.35. The highest BCUT2D eigenvalue weighted by atomic mass is 16.2. The summed E-state index contributed by atoms with van der Waals surface area (Å²) in [5.74, 6) is 0.667. The molecule has 0 bridgehead atoms. The van der Waals surface area contributed by atoms with Crippen molar-refractivity contribution in [2.75, 3.05) is 39.3 Å². The van der Waals surface area contributed by atoms with Gasteiger partial charge in [0.15, 0.2) is 0 Å². The van der Waals surface area contributed by atoms with Crippen molar-refractivity contribution in [2.45, 2.75) is 25.8 Å². The van der Waals surface area contributed by atoms with Crippen molar-refractivity contribution in [1.29, 1.82) is 0 Å². The summed E-state index contributed by atoms with van der Waals surface area (Å²) in [4.78, 5) is 17.7. The van der Waals surface area contributed by atoms with Crippen molar-refractivity contribution < 1.29 is 4.79 Å². The van der Waals surface area contributed by atoms with Gasteiger partial charge in [-0.25, -0.2) is 0 Å². The molecule has 2 aromatic carbocycles. The summed E-state index contributed by atoms with van der Waals surface area (Å²) in [6.45, 7) is 8.62. The molecule has 2 aliphatic heterocycles. The molecule has 0 radical (unpaired) electrons. The Labute approximate surface area is 162 Å². The fourth-order valence-electron chi connectivity index (χ4n) is 4.32. The highest BCUT2D eigenvalue weighted by Crippen LogP contribution is 2.26. The number of nitrogens with one attached hydrogen (secondary N) is 1. The quantitative estimate of drug-likeness (QED) is 0.907. The van der Waals surface area contributed by atoms with Gasteiger partial charge in [-0.15, -0.1) is 0 Å². The Bertz CT molecular complexity index is 790. The summed E-state index contributed by atoms with van der Waals surface area (Å²) in [6.07, 6.45) is 1.12. The summed E-state index contributed by atoms with van der Waals surface area (Å²) in [5, 5.41) is 3.42. The Balaban J connectivity index is 1.39. The fraction of sp³-hybridized carbons (Fsp3) is 0.435. The van der Waals surface area contributed by atoms with Gasteiger partial charge in [0.25, 0.3) is 5.91 Å². The molecule has 27 heavy (non-hydrogen) atoms. The van der Waals surface area contributed by atoms with E-state index in [0.29, 0.717) is 5.92 Å². The molecule has 4 heteroatoms. The second kappa shape index (κ2) is 8.24. The number of carbonyl (C=O) groups excluding carboxylic acids is 1. The summed E-state index contributed by atoms with van der Waals surface area (Å²) in [5.41, 5.74) is 4.78. The molecule has 2 saturated heterocycles. The maximum absolute atomic E-state index is 13.2. The number of rotatable bonds is 4. The average molecular weight is 364 g/mol. The Kier molecular flexibility index (Phi) is 5.55. The number of nitrogens with zero attached hydrogens (tertiary/aromatic N) is 2. The Morgan fingerprint density at radius 1 is 1.07 bits per heavy atom. The van der Waals surface area contributed by atoms with Crippen LogP contribution in [0.15, 0.2) is 48.5 Å². The van der Waals surface area contributed by atoms with Crippen LogP contribution < -0.4 is 5.32 Å². The van der Waals surface area contributed by atoms with Crippen LogP contribution in [0.4, 0.5) is 0 Å². The molecule has 0 saturated carbocycles. The molecule has 0 spiro atoms. The van der Waals surface area contributed by atoms with Gasteiger partial charge in [0.05, 0.1) is 0 Å². The largest absolute Gasteiger partial charge is 0.336 e. The van der Waals surface area contributed by atoms with Crippen molar-refractivity contribution in [3.63, 3.8) is 0 Å². The maximum Gasteiger partial charge on any atom is 0.254 e. The topological polar surface area (TPSA) is 35.6 Å². The lowest BCUT2D eigenvalue weighted by molar-refractivity contribution is 0.0627. The molecular formula is C23H29N3O. The zero-order chi connectivity index (χ0) is 18.6. The van der Waals surface area contributed by atoms with Crippen molar-refractivity contribution in [3.05, 3.63) is 70.8 Å². The van der Waals surface area contributed by atoms with Gasteiger partial charge in [-0.3, -0.25) is 9.69 Å². The molecule has 142 valence electrons. The van der Waals surface area contributed by atoms with E-state index in [4.69, 9.17) is 0 Å². The second-order valence-corrected chi connectivity index (χ2v) is 7.83. The normalized spacial score (nSPS) is 20.8. The minimum absolute atomic E-state index is 0.202. The number of amides is 1. The first kappa shape index (κ1) is 18.2. The number of carbonyl (C=O) groups is 1. The van der Waals surface area contributed by atoms with E-state index >= 15 is 0 Å². The van der Waals surface area contributed by atoms with Gasteiger partial charge in [-0.2, -0.15) is 0 Å². The Morgan fingerprint density at radius 2 is 1.89 bits per heavy atom. The monoisotopic (exact) mass is 363 g/mol. The SMILES string of the molecule is Cc1cccc(CN2CCN(C(=O)c3ccccc3[C@H]3CCNC3)CC2)c1. The molecule has 1 amide bonds. The predicted molar refractivity (Wildman–Crippen MR) is 109 cm³/mol. The van der Waals surface area contributed by atoms with Gasteiger partial charge in [-0.1, -0.05) is 48.0 Å². The zero-order valence-electron chi connectivity index (χ0n) is 16.2. The van der Waals surface area contributed by atoms with Crippen LogP contribution in [0.2, 0.25) is 0 Å². The highest BCUT2D eigenvalue weighted by Gasteiger charge is 2.27. The molecule has 2 aromatic rings.